The molecule has 0 aliphatic rings. The Morgan fingerprint density at radius 1 is 1.31 bits per heavy atom. The van der Waals surface area contributed by atoms with Gasteiger partial charge in [0, 0.05) is 10.7 Å². The van der Waals surface area contributed by atoms with Gasteiger partial charge >= 0.3 is 0 Å². The van der Waals surface area contributed by atoms with Gasteiger partial charge in [0.15, 0.2) is 3.77 Å². The Balaban J connectivity index is 2.07. The van der Waals surface area contributed by atoms with Gasteiger partial charge in [-0.3, -0.25) is 0 Å². The lowest BCUT2D eigenvalue weighted by atomic mass is 10.2. The molecule has 0 aliphatic carbocycles. The van der Waals surface area contributed by atoms with Crippen molar-refractivity contribution in [2.75, 3.05) is 5.32 Å². The second-order valence-electron chi connectivity index (χ2n) is 3.47. The van der Waals surface area contributed by atoms with Gasteiger partial charge in [0.25, 0.3) is 0 Å². The molecular formula is C12H11ClINO. The van der Waals surface area contributed by atoms with Gasteiger partial charge in [-0.2, -0.15) is 0 Å². The molecule has 0 aliphatic heterocycles. The molecule has 0 bridgehead atoms. The SMILES string of the molecule is Cc1c(Cl)cccc1NCc1ccc(I)o1. The molecule has 0 saturated heterocycles. The Labute approximate surface area is 113 Å². The monoisotopic (exact) mass is 347 g/mol. The largest absolute Gasteiger partial charge is 0.454 e. The summed E-state index contributed by atoms with van der Waals surface area (Å²) >= 11 is 8.19. The highest BCUT2D eigenvalue weighted by atomic mass is 127. The smallest absolute Gasteiger partial charge is 0.164 e. The van der Waals surface area contributed by atoms with E-state index in [4.69, 9.17) is 16.0 Å². The number of halogens is 2. The zero-order valence-corrected chi connectivity index (χ0v) is 11.7. The van der Waals surface area contributed by atoms with E-state index in [2.05, 4.69) is 27.9 Å². The fraction of sp³-hybridized carbons (Fsp3) is 0.167. The van der Waals surface area contributed by atoms with Crippen molar-refractivity contribution < 1.29 is 4.42 Å². The van der Waals surface area contributed by atoms with Crippen molar-refractivity contribution in [2.45, 2.75) is 13.5 Å². The van der Waals surface area contributed by atoms with Gasteiger partial charge in [-0.15, -0.1) is 0 Å². The molecule has 1 heterocycles. The number of nitrogens with one attached hydrogen (secondary N) is 1. The fourth-order valence-corrected chi connectivity index (χ4v) is 2.07. The van der Waals surface area contributed by atoms with Gasteiger partial charge in [-0.1, -0.05) is 17.7 Å². The van der Waals surface area contributed by atoms with Crippen LogP contribution in [-0.4, -0.2) is 0 Å². The second kappa shape index (κ2) is 5.10. The lowest BCUT2D eigenvalue weighted by molar-refractivity contribution is 0.493. The minimum absolute atomic E-state index is 0.671. The summed E-state index contributed by atoms with van der Waals surface area (Å²) in [4.78, 5) is 0. The predicted octanol–water partition coefficient (Wildman–Crippen LogP) is 4.46. The van der Waals surface area contributed by atoms with Crippen LogP contribution in [0.2, 0.25) is 5.02 Å². The highest BCUT2D eigenvalue weighted by Gasteiger charge is 2.03. The second-order valence-corrected chi connectivity index (χ2v) is 4.94. The molecule has 4 heteroatoms. The first-order chi connectivity index (χ1) is 7.66. The Morgan fingerprint density at radius 3 is 2.81 bits per heavy atom. The molecule has 2 nitrogen and oxygen atoms in total. The maximum Gasteiger partial charge on any atom is 0.164 e. The topological polar surface area (TPSA) is 25.2 Å². The van der Waals surface area contributed by atoms with Crippen LogP contribution in [0.5, 0.6) is 0 Å². The van der Waals surface area contributed by atoms with Crippen molar-refractivity contribution >= 4 is 39.9 Å². The molecule has 0 spiro atoms. The summed E-state index contributed by atoms with van der Waals surface area (Å²) in [6.07, 6.45) is 0. The van der Waals surface area contributed by atoms with Crippen LogP contribution >= 0.6 is 34.2 Å². The average Bonchev–Trinajstić information content (AvgIpc) is 2.67. The number of furan rings is 1. The summed E-state index contributed by atoms with van der Waals surface area (Å²) in [5.74, 6) is 0.920. The molecule has 0 atom stereocenters. The van der Waals surface area contributed by atoms with E-state index in [0.717, 1.165) is 25.8 Å². The summed E-state index contributed by atoms with van der Waals surface area (Å²) in [5.41, 5.74) is 2.10. The Bertz CT molecular complexity index is 496. The first-order valence-corrected chi connectivity index (χ1v) is 6.35. The lowest BCUT2D eigenvalue weighted by Crippen LogP contribution is -1.99. The van der Waals surface area contributed by atoms with Crippen LogP contribution in [-0.2, 0) is 6.54 Å². The van der Waals surface area contributed by atoms with Crippen LogP contribution in [0.4, 0.5) is 5.69 Å². The van der Waals surface area contributed by atoms with Crippen LogP contribution in [0, 0.1) is 10.7 Å². The summed E-state index contributed by atoms with van der Waals surface area (Å²) in [6.45, 7) is 2.67. The molecule has 0 fully saturated rings. The zero-order valence-electron chi connectivity index (χ0n) is 8.76. The summed E-state index contributed by atoms with van der Waals surface area (Å²) in [6, 6.07) is 9.74. The van der Waals surface area contributed by atoms with Gasteiger partial charge in [-0.05, 0) is 59.3 Å². The minimum Gasteiger partial charge on any atom is -0.454 e. The van der Waals surface area contributed by atoms with Gasteiger partial charge < -0.3 is 9.73 Å². The van der Waals surface area contributed by atoms with E-state index in [9.17, 15) is 0 Å². The van der Waals surface area contributed by atoms with E-state index in [1.807, 2.05) is 37.3 Å². The summed E-state index contributed by atoms with van der Waals surface area (Å²) in [7, 11) is 0. The van der Waals surface area contributed by atoms with Crippen LogP contribution in [0.1, 0.15) is 11.3 Å². The van der Waals surface area contributed by atoms with Crippen molar-refractivity contribution in [3.8, 4) is 0 Å². The molecule has 84 valence electrons. The number of rotatable bonds is 3. The molecule has 0 unspecified atom stereocenters. The number of benzene rings is 1. The molecule has 0 radical (unpaired) electrons. The third-order valence-corrected chi connectivity index (χ3v) is 3.34. The predicted molar refractivity (Wildman–Crippen MR) is 74.9 cm³/mol. The molecule has 1 aromatic heterocycles. The van der Waals surface area contributed by atoms with E-state index in [0.29, 0.717) is 6.54 Å². The Kier molecular flexibility index (Phi) is 3.76. The first kappa shape index (κ1) is 11.8. The molecule has 0 saturated carbocycles. The van der Waals surface area contributed by atoms with Gasteiger partial charge in [0.05, 0.1) is 6.54 Å². The molecule has 2 aromatic rings. The van der Waals surface area contributed by atoms with E-state index in [1.165, 1.54) is 0 Å². The van der Waals surface area contributed by atoms with Crippen molar-refractivity contribution in [2.24, 2.45) is 0 Å². The van der Waals surface area contributed by atoms with Crippen molar-refractivity contribution in [3.63, 3.8) is 0 Å². The zero-order chi connectivity index (χ0) is 11.5. The minimum atomic E-state index is 0.671. The molecule has 1 aromatic carbocycles. The third kappa shape index (κ3) is 2.71. The molecule has 2 rings (SSSR count). The van der Waals surface area contributed by atoms with E-state index >= 15 is 0 Å². The molecular weight excluding hydrogens is 336 g/mol. The first-order valence-electron chi connectivity index (χ1n) is 4.90. The van der Waals surface area contributed by atoms with Crippen LogP contribution in [0.15, 0.2) is 34.7 Å². The Hall–Kier alpha value is -0.680. The highest BCUT2D eigenvalue weighted by molar-refractivity contribution is 14.1. The molecule has 16 heavy (non-hydrogen) atoms. The quantitative estimate of drug-likeness (QED) is 0.829. The summed E-state index contributed by atoms with van der Waals surface area (Å²) < 4.78 is 6.37. The van der Waals surface area contributed by atoms with Gasteiger partial charge in [0.1, 0.15) is 5.76 Å². The molecule has 0 amide bonds. The third-order valence-electron chi connectivity index (χ3n) is 2.35. The van der Waals surface area contributed by atoms with Gasteiger partial charge in [-0.25, -0.2) is 0 Å². The van der Waals surface area contributed by atoms with Crippen molar-refractivity contribution in [3.05, 3.63) is 50.4 Å². The number of hydrogen-bond donors (Lipinski definition) is 1. The summed E-state index contributed by atoms with van der Waals surface area (Å²) in [5, 5.41) is 4.08. The van der Waals surface area contributed by atoms with E-state index in [1.54, 1.807) is 0 Å². The number of anilines is 1. The normalized spacial score (nSPS) is 10.4. The fourth-order valence-electron chi connectivity index (χ4n) is 1.43. The van der Waals surface area contributed by atoms with Gasteiger partial charge in [0.2, 0.25) is 0 Å². The number of hydrogen-bond acceptors (Lipinski definition) is 2. The molecule has 1 N–H and O–H groups in total. The van der Waals surface area contributed by atoms with Crippen molar-refractivity contribution in [1.29, 1.82) is 0 Å². The Morgan fingerprint density at radius 2 is 2.12 bits per heavy atom. The van der Waals surface area contributed by atoms with Crippen LogP contribution in [0.25, 0.3) is 0 Å². The maximum atomic E-state index is 6.04. The lowest BCUT2D eigenvalue weighted by Gasteiger charge is -2.08. The average molecular weight is 348 g/mol. The highest BCUT2D eigenvalue weighted by Crippen LogP contribution is 2.23. The maximum absolute atomic E-state index is 6.04. The standard InChI is InChI=1S/C12H11ClINO/c1-8-10(13)3-2-4-11(8)15-7-9-5-6-12(14)16-9/h2-6,15H,7H2,1H3. The van der Waals surface area contributed by atoms with Crippen molar-refractivity contribution in [1.82, 2.24) is 0 Å². The van der Waals surface area contributed by atoms with Crippen LogP contribution in [0.3, 0.4) is 0 Å². The van der Waals surface area contributed by atoms with E-state index < -0.39 is 0 Å². The van der Waals surface area contributed by atoms with E-state index in [-0.39, 0.29) is 0 Å². The van der Waals surface area contributed by atoms with Crippen LogP contribution < -0.4 is 5.32 Å².